The third kappa shape index (κ3) is 5.23. The van der Waals surface area contributed by atoms with Gasteiger partial charge in [-0.15, -0.1) is 0 Å². The molecule has 0 aliphatic heterocycles. The molecule has 1 N–H and O–H groups in total. The highest BCUT2D eigenvalue weighted by Gasteiger charge is 2.16. The van der Waals surface area contributed by atoms with Crippen LogP contribution in [0.3, 0.4) is 0 Å². The molecule has 0 saturated heterocycles. The lowest BCUT2D eigenvalue weighted by Crippen LogP contribution is -2.10. The predicted octanol–water partition coefficient (Wildman–Crippen LogP) is 5.00. The van der Waals surface area contributed by atoms with Crippen LogP contribution < -0.4 is 4.74 Å². The number of ether oxygens (including phenoxy) is 2. The lowest BCUT2D eigenvalue weighted by atomic mass is 9.83. The largest absolute Gasteiger partial charge is 0.489 e. The van der Waals surface area contributed by atoms with E-state index >= 15 is 0 Å². The molecule has 0 radical (unpaired) electrons. The number of carbonyl (C=O) groups is 1. The number of rotatable bonds is 8. The van der Waals surface area contributed by atoms with E-state index in [4.69, 9.17) is 9.47 Å². The van der Waals surface area contributed by atoms with Crippen LogP contribution in [0.2, 0.25) is 0 Å². The summed E-state index contributed by atoms with van der Waals surface area (Å²) in [6, 6.07) is 14.4. The van der Waals surface area contributed by atoms with Crippen molar-refractivity contribution in [2.45, 2.75) is 44.6 Å². The Hall–Kier alpha value is -2.59. The smallest absolute Gasteiger partial charge is 0.330 e. The van der Waals surface area contributed by atoms with Crippen LogP contribution in [0.4, 0.5) is 0 Å². The zero-order chi connectivity index (χ0) is 19.8. The summed E-state index contributed by atoms with van der Waals surface area (Å²) in [5.74, 6) is 0.882. The van der Waals surface area contributed by atoms with Gasteiger partial charge < -0.3 is 14.6 Å². The number of hydrogen-bond donors (Lipinski definition) is 1. The van der Waals surface area contributed by atoms with Crippen molar-refractivity contribution >= 4 is 5.97 Å². The van der Waals surface area contributed by atoms with E-state index in [2.05, 4.69) is 30.8 Å². The van der Waals surface area contributed by atoms with Crippen LogP contribution >= 0.6 is 0 Å². The Labute approximate surface area is 166 Å². The van der Waals surface area contributed by atoms with Gasteiger partial charge in [0.05, 0.1) is 6.61 Å². The summed E-state index contributed by atoms with van der Waals surface area (Å²) < 4.78 is 10.8. The predicted molar refractivity (Wildman–Crippen MR) is 110 cm³/mol. The summed E-state index contributed by atoms with van der Waals surface area (Å²) in [7, 11) is 0. The van der Waals surface area contributed by atoms with Gasteiger partial charge in [0.15, 0.2) is 0 Å². The molecular weight excluding hydrogens is 352 g/mol. The summed E-state index contributed by atoms with van der Waals surface area (Å²) in [6.45, 7) is 3.70. The minimum absolute atomic E-state index is 0.0529. The fourth-order valence-corrected chi connectivity index (χ4v) is 3.75. The first-order valence-corrected chi connectivity index (χ1v) is 9.97. The lowest BCUT2D eigenvalue weighted by Gasteiger charge is -2.22. The Morgan fingerprint density at radius 1 is 1.07 bits per heavy atom. The molecule has 4 nitrogen and oxygen atoms in total. The molecule has 0 amide bonds. The first-order chi connectivity index (χ1) is 13.7. The maximum absolute atomic E-state index is 11.1. The van der Waals surface area contributed by atoms with Crippen molar-refractivity contribution in [1.29, 1.82) is 0 Å². The highest BCUT2D eigenvalue weighted by molar-refractivity contribution is 5.81. The van der Waals surface area contributed by atoms with Gasteiger partial charge in [0, 0.05) is 11.6 Å². The maximum Gasteiger partial charge on any atom is 0.330 e. The van der Waals surface area contributed by atoms with E-state index in [1.165, 1.54) is 37.7 Å². The van der Waals surface area contributed by atoms with Crippen molar-refractivity contribution in [2.75, 3.05) is 13.2 Å². The van der Waals surface area contributed by atoms with E-state index < -0.39 is 5.97 Å². The standard InChI is InChI=1S/C24H28O4/c1-2-24(26)28-15-14-27-23-16-18(17-25)8-13-22(23)21-11-9-20(10-12-21)19-6-4-3-5-7-19/h2,8-13,16,19,25H,1,3-7,14-15,17H2. The molecule has 28 heavy (non-hydrogen) atoms. The molecule has 2 aromatic rings. The van der Waals surface area contributed by atoms with Crippen molar-refractivity contribution in [3.8, 4) is 16.9 Å². The zero-order valence-electron chi connectivity index (χ0n) is 16.2. The second-order valence-electron chi connectivity index (χ2n) is 7.17. The van der Waals surface area contributed by atoms with Gasteiger partial charge in [-0.2, -0.15) is 0 Å². The molecule has 3 rings (SSSR count). The second kappa shape index (κ2) is 10.1. The normalized spacial score (nSPS) is 14.5. The summed E-state index contributed by atoms with van der Waals surface area (Å²) >= 11 is 0. The summed E-state index contributed by atoms with van der Waals surface area (Å²) in [5.41, 5.74) is 4.22. The number of carbonyl (C=O) groups excluding carboxylic acids is 1. The highest BCUT2D eigenvalue weighted by Crippen LogP contribution is 2.35. The molecule has 0 bridgehead atoms. The minimum atomic E-state index is -0.466. The van der Waals surface area contributed by atoms with Crippen LogP contribution in [0.5, 0.6) is 5.75 Å². The number of aliphatic hydroxyl groups is 1. The van der Waals surface area contributed by atoms with Crippen LogP contribution in [0.25, 0.3) is 11.1 Å². The Balaban J connectivity index is 1.74. The van der Waals surface area contributed by atoms with Crippen molar-refractivity contribution in [3.63, 3.8) is 0 Å². The van der Waals surface area contributed by atoms with Crippen LogP contribution in [0.15, 0.2) is 55.1 Å². The van der Waals surface area contributed by atoms with Crippen molar-refractivity contribution in [2.24, 2.45) is 0 Å². The summed E-state index contributed by atoms with van der Waals surface area (Å²) in [6.07, 6.45) is 7.69. The first kappa shape index (κ1) is 20.2. The molecule has 1 aliphatic carbocycles. The van der Waals surface area contributed by atoms with Gasteiger partial charge in [0.2, 0.25) is 0 Å². The van der Waals surface area contributed by atoms with Crippen molar-refractivity contribution < 1.29 is 19.4 Å². The minimum Gasteiger partial charge on any atom is -0.489 e. The quantitative estimate of drug-likeness (QED) is 0.398. The lowest BCUT2D eigenvalue weighted by molar-refractivity contribution is -0.138. The monoisotopic (exact) mass is 380 g/mol. The number of esters is 1. The number of benzene rings is 2. The molecule has 1 fully saturated rings. The molecule has 0 spiro atoms. The summed E-state index contributed by atoms with van der Waals surface area (Å²) in [5, 5.41) is 9.44. The Morgan fingerprint density at radius 3 is 2.50 bits per heavy atom. The molecule has 0 atom stereocenters. The number of aliphatic hydroxyl groups excluding tert-OH is 1. The molecule has 1 saturated carbocycles. The molecule has 0 aromatic heterocycles. The van der Waals surface area contributed by atoms with E-state index in [0.29, 0.717) is 11.7 Å². The van der Waals surface area contributed by atoms with Gasteiger partial charge >= 0.3 is 5.97 Å². The van der Waals surface area contributed by atoms with Gasteiger partial charge in [0.25, 0.3) is 0 Å². The van der Waals surface area contributed by atoms with E-state index in [-0.39, 0.29) is 19.8 Å². The highest BCUT2D eigenvalue weighted by atomic mass is 16.6. The van der Waals surface area contributed by atoms with Crippen molar-refractivity contribution in [3.05, 3.63) is 66.2 Å². The van der Waals surface area contributed by atoms with E-state index in [1.807, 2.05) is 18.2 Å². The Morgan fingerprint density at radius 2 is 1.82 bits per heavy atom. The van der Waals surface area contributed by atoms with Crippen LogP contribution in [-0.2, 0) is 16.1 Å². The van der Waals surface area contributed by atoms with Gasteiger partial charge in [-0.1, -0.05) is 62.2 Å². The third-order valence-electron chi connectivity index (χ3n) is 5.28. The third-order valence-corrected chi connectivity index (χ3v) is 5.28. The van der Waals surface area contributed by atoms with Gasteiger partial charge in [-0.3, -0.25) is 0 Å². The van der Waals surface area contributed by atoms with Crippen molar-refractivity contribution in [1.82, 2.24) is 0 Å². The second-order valence-corrected chi connectivity index (χ2v) is 7.17. The van der Waals surface area contributed by atoms with Crippen LogP contribution in [0, 0.1) is 0 Å². The fourth-order valence-electron chi connectivity index (χ4n) is 3.75. The first-order valence-electron chi connectivity index (χ1n) is 9.97. The van der Waals surface area contributed by atoms with Gasteiger partial charge in [-0.25, -0.2) is 4.79 Å². The van der Waals surface area contributed by atoms with Crippen LogP contribution in [-0.4, -0.2) is 24.3 Å². The van der Waals surface area contributed by atoms with E-state index in [0.717, 1.165) is 22.8 Å². The average Bonchev–Trinajstić information content (AvgIpc) is 2.77. The fraction of sp³-hybridized carbons (Fsp3) is 0.375. The SMILES string of the molecule is C=CC(=O)OCCOc1cc(CO)ccc1-c1ccc(C2CCCCC2)cc1. The van der Waals surface area contributed by atoms with E-state index in [1.54, 1.807) is 0 Å². The molecular formula is C24H28O4. The molecule has 2 aromatic carbocycles. The molecule has 4 heteroatoms. The maximum atomic E-state index is 11.1. The number of hydrogen-bond acceptors (Lipinski definition) is 4. The molecule has 1 aliphatic rings. The zero-order valence-corrected chi connectivity index (χ0v) is 16.2. The molecule has 0 heterocycles. The van der Waals surface area contributed by atoms with Gasteiger partial charge in [0.1, 0.15) is 19.0 Å². The van der Waals surface area contributed by atoms with E-state index in [9.17, 15) is 9.90 Å². The van der Waals surface area contributed by atoms with Crippen LogP contribution in [0.1, 0.15) is 49.1 Å². The Bertz CT molecular complexity index is 789. The Kier molecular flexibility index (Phi) is 7.26. The topological polar surface area (TPSA) is 55.8 Å². The molecule has 0 unspecified atom stereocenters. The summed E-state index contributed by atoms with van der Waals surface area (Å²) in [4.78, 5) is 11.1. The molecule has 148 valence electrons. The average molecular weight is 380 g/mol. The van der Waals surface area contributed by atoms with Gasteiger partial charge in [-0.05, 0) is 41.5 Å².